The number of aromatic amines is 2. The maximum absolute atomic E-state index is 12.6. The number of anilines is 1. The van der Waals surface area contributed by atoms with Gasteiger partial charge in [0.2, 0.25) is 5.95 Å². The zero-order valence-electron chi connectivity index (χ0n) is 17.1. The fourth-order valence-electron chi connectivity index (χ4n) is 3.21. The summed E-state index contributed by atoms with van der Waals surface area (Å²) in [5, 5.41) is 2.88. The van der Waals surface area contributed by atoms with Gasteiger partial charge in [-0.15, -0.1) is 5.92 Å². The SMILES string of the molecule is CC#CCn1c(=O)[nH]c2nc(N3CCCC(NC(=O)OC(C)(C)C)C3)[nH]c2c1=O. The molecule has 1 aliphatic heterocycles. The van der Waals surface area contributed by atoms with Crippen molar-refractivity contribution in [3.63, 3.8) is 0 Å². The van der Waals surface area contributed by atoms with Crippen LogP contribution in [0.3, 0.4) is 0 Å². The molecule has 0 bridgehead atoms. The fourth-order valence-corrected chi connectivity index (χ4v) is 3.21. The lowest BCUT2D eigenvalue weighted by molar-refractivity contribution is 0.0500. The molecule has 2 aromatic rings. The first kappa shape index (κ1) is 20.5. The number of H-pyrrole nitrogens is 2. The van der Waals surface area contributed by atoms with Crippen LogP contribution in [0.4, 0.5) is 10.7 Å². The summed E-state index contributed by atoms with van der Waals surface area (Å²) < 4.78 is 6.35. The molecule has 3 heterocycles. The first-order valence-electron chi connectivity index (χ1n) is 9.55. The summed E-state index contributed by atoms with van der Waals surface area (Å²) in [5.74, 6) is 5.86. The van der Waals surface area contributed by atoms with Crippen molar-refractivity contribution >= 4 is 23.2 Å². The standard InChI is InChI=1S/C19H26N6O4/c1-5-6-10-25-15(26)13-14(23-17(25)27)22-16(21-13)24-9-7-8-12(11-24)20-18(28)29-19(2,3)4/h12H,7-11H2,1-4H3,(H,20,28)(H,21,22)(H,23,27). The Morgan fingerprint density at radius 3 is 2.79 bits per heavy atom. The molecule has 1 saturated heterocycles. The topological polar surface area (TPSA) is 125 Å². The lowest BCUT2D eigenvalue weighted by Gasteiger charge is -2.33. The number of imidazole rings is 1. The summed E-state index contributed by atoms with van der Waals surface area (Å²) in [4.78, 5) is 48.7. The number of alkyl carbamates (subject to hydrolysis) is 1. The maximum Gasteiger partial charge on any atom is 0.407 e. The van der Waals surface area contributed by atoms with Crippen molar-refractivity contribution in [1.82, 2.24) is 24.8 Å². The summed E-state index contributed by atoms with van der Waals surface area (Å²) in [7, 11) is 0. The van der Waals surface area contributed by atoms with Gasteiger partial charge in [-0.3, -0.25) is 9.78 Å². The second-order valence-corrected chi connectivity index (χ2v) is 7.96. The molecule has 1 aliphatic rings. The van der Waals surface area contributed by atoms with Crippen molar-refractivity contribution in [2.75, 3.05) is 18.0 Å². The Morgan fingerprint density at radius 2 is 2.10 bits per heavy atom. The predicted octanol–water partition coefficient (Wildman–Crippen LogP) is 0.930. The van der Waals surface area contributed by atoms with Crippen molar-refractivity contribution < 1.29 is 9.53 Å². The van der Waals surface area contributed by atoms with Gasteiger partial charge in [0.1, 0.15) is 5.60 Å². The third-order valence-corrected chi connectivity index (χ3v) is 4.48. The fraction of sp³-hybridized carbons (Fsp3) is 0.579. The van der Waals surface area contributed by atoms with E-state index in [9.17, 15) is 14.4 Å². The van der Waals surface area contributed by atoms with E-state index in [-0.39, 0.29) is 23.8 Å². The number of amides is 1. The maximum atomic E-state index is 12.6. The van der Waals surface area contributed by atoms with Gasteiger partial charge in [0.25, 0.3) is 5.56 Å². The number of nitrogens with one attached hydrogen (secondary N) is 3. The van der Waals surface area contributed by atoms with Crippen LogP contribution in [0, 0.1) is 11.8 Å². The molecule has 1 amide bonds. The van der Waals surface area contributed by atoms with Gasteiger partial charge in [-0.25, -0.2) is 14.2 Å². The van der Waals surface area contributed by atoms with Crippen molar-refractivity contribution in [1.29, 1.82) is 0 Å². The first-order chi connectivity index (χ1) is 13.7. The lowest BCUT2D eigenvalue weighted by Crippen LogP contribution is -2.49. The summed E-state index contributed by atoms with van der Waals surface area (Å²) in [6.07, 6.45) is 1.19. The largest absolute Gasteiger partial charge is 0.444 e. The monoisotopic (exact) mass is 402 g/mol. The Hall–Kier alpha value is -3.22. The van der Waals surface area contributed by atoms with Crippen molar-refractivity contribution in [3.05, 3.63) is 20.8 Å². The number of fused-ring (bicyclic) bond motifs is 1. The van der Waals surface area contributed by atoms with Gasteiger partial charge in [0, 0.05) is 19.1 Å². The van der Waals surface area contributed by atoms with E-state index in [0.717, 1.165) is 17.4 Å². The van der Waals surface area contributed by atoms with Gasteiger partial charge in [-0.1, -0.05) is 5.92 Å². The molecule has 10 heteroatoms. The number of carbonyl (C=O) groups is 1. The van der Waals surface area contributed by atoms with Crippen LogP contribution in [0.25, 0.3) is 11.2 Å². The Balaban J connectivity index is 1.80. The lowest BCUT2D eigenvalue weighted by atomic mass is 10.1. The Kier molecular flexibility index (Phi) is 5.68. The number of hydrogen-bond donors (Lipinski definition) is 3. The van der Waals surface area contributed by atoms with Crippen LogP contribution in [0.15, 0.2) is 9.59 Å². The number of aromatic nitrogens is 4. The molecule has 0 radical (unpaired) electrons. The van der Waals surface area contributed by atoms with Gasteiger partial charge >= 0.3 is 11.8 Å². The summed E-state index contributed by atoms with van der Waals surface area (Å²) in [5.41, 5.74) is -1.15. The number of hydrogen-bond acceptors (Lipinski definition) is 6. The number of rotatable bonds is 3. The molecule has 3 N–H and O–H groups in total. The molecule has 29 heavy (non-hydrogen) atoms. The smallest absolute Gasteiger partial charge is 0.407 e. The van der Waals surface area contributed by atoms with E-state index in [2.05, 4.69) is 32.1 Å². The summed E-state index contributed by atoms with van der Waals surface area (Å²) >= 11 is 0. The Morgan fingerprint density at radius 1 is 1.34 bits per heavy atom. The van der Waals surface area contributed by atoms with Crippen LogP contribution in [-0.2, 0) is 11.3 Å². The van der Waals surface area contributed by atoms with E-state index in [1.54, 1.807) is 6.92 Å². The molecule has 0 aromatic carbocycles. The van der Waals surface area contributed by atoms with E-state index in [1.165, 1.54) is 0 Å². The van der Waals surface area contributed by atoms with Crippen LogP contribution in [0.5, 0.6) is 0 Å². The summed E-state index contributed by atoms with van der Waals surface area (Å²) in [6, 6.07) is -0.109. The highest BCUT2D eigenvalue weighted by atomic mass is 16.6. The molecular weight excluding hydrogens is 376 g/mol. The molecule has 1 unspecified atom stereocenters. The van der Waals surface area contributed by atoms with Crippen LogP contribution in [0.2, 0.25) is 0 Å². The zero-order valence-corrected chi connectivity index (χ0v) is 17.1. The van der Waals surface area contributed by atoms with Crippen LogP contribution >= 0.6 is 0 Å². The molecule has 156 valence electrons. The number of carbonyl (C=O) groups excluding carboxylic acids is 1. The predicted molar refractivity (Wildman–Crippen MR) is 109 cm³/mol. The molecule has 0 spiro atoms. The molecule has 10 nitrogen and oxygen atoms in total. The highest BCUT2D eigenvalue weighted by molar-refractivity contribution is 5.72. The van der Waals surface area contributed by atoms with E-state index in [4.69, 9.17) is 4.74 Å². The minimum Gasteiger partial charge on any atom is -0.444 e. The van der Waals surface area contributed by atoms with E-state index >= 15 is 0 Å². The zero-order chi connectivity index (χ0) is 21.2. The minimum absolute atomic E-state index is 0.0144. The van der Waals surface area contributed by atoms with Gasteiger partial charge in [-0.05, 0) is 40.5 Å². The third-order valence-electron chi connectivity index (χ3n) is 4.48. The third kappa shape index (κ3) is 4.80. The van der Waals surface area contributed by atoms with Crippen molar-refractivity contribution in [3.8, 4) is 11.8 Å². The van der Waals surface area contributed by atoms with E-state index in [0.29, 0.717) is 19.0 Å². The molecule has 3 rings (SSSR count). The highest BCUT2D eigenvalue weighted by Gasteiger charge is 2.26. The van der Waals surface area contributed by atoms with Crippen LogP contribution in [-0.4, -0.2) is 50.3 Å². The van der Waals surface area contributed by atoms with Crippen LogP contribution < -0.4 is 21.5 Å². The summed E-state index contributed by atoms with van der Waals surface area (Å²) in [6.45, 7) is 8.32. The van der Waals surface area contributed by atoms with E-state index < -0.39 is 22.9 Å². The Bertz CT molecular complexity index is 1080. The quantitative estimate of drug-likeness (QED) is 0.656. The minimum atomic E-state index is -0.564. The van der Waals surface area contributed by atoms with E-state index in [1.807, 2.05) is 25.7 Å². The second-order valence-electron chi connectivity index (χ2n) is 7.96. The van der Waals surface area contributed by atoms with Crippen molar-refractivity contribution in [2.24, 2.45) is 0 Å². The second kappa shape index (κ2) is 8.03. The molecular formula is C19H26N6O4. The number of nitrogens with zero attached hydrogens (tertiary/aromatic N) is 3. The van der Waals surface area contributed by atoms with Crippen LogP contribution in [0.1, 0.15) is 40.5 Å². The average Bonchev–Trinajstić information content (AvgIpc) is 3.04. The molecule has 0 saturated carbocycles. The molecule has 2 aromatic heterocycles. The highest BCUT2D eigenvalue weighted by Crippen LogP contribution is 2.19. The number of piperidine rings is 1. The van der Waals surface area contributed by atoms with Gasteiger partial charge in [-0.2, -0.15) is 4.98 Å². The molecule has 0 aliphatic carbocycles. The van der Waals surface area contributed by atoms with Gasteiger partial charge in [0.15, 0.2) is 11.2 Å². The normalized spacial score (nSPS) is 17.0. The van der Waals surface area contributed by atoms with Crippen molar-refractivity contribution in [2.45, 2.75) is 58.7 Å². The molecule has 1 fully saturated rings. The first-order valence-corrected chi connectivity index (χ1v) is 9.55. The number of ether oxygens (including phenoxy) is 1. The Labute approximate surface area is 167 Å². The van der Waals surface area contributed by atoms with Gasteiger partial charge in [0.05, 0.1) is 6.54 Å². The average molecular weight is 402 g/mol. The van der Waals surface area contributed by atoms with Gasteiger partial charge < -0.3 is 19.9 Å². The molecule has 1 atom stereocenters.